The Morgan fingerprint density at radius 2 is 1.76 bits per heavy atom. The highest BCUT2D eigenvalue weighted by atomic mass is 16.3. The molecular formula is C37H47N4O4+. The molecule has 0 saturated heterocycles. The number of rotatable bonds is 13. The van der Waals surface area contributed by atoms with Crippen molar-refractivity contribution in [3.05, 3.63) is 82.3 Å². The van der Waals surface area contributed by atoms with Gasteiger partial charge in [-0.05, 0) is 81.0 Å². The van der Waals surface area contributed by atoms with E-state index in [0.29, 0.717) is 41.7 Å². The summed E-state index contributed by atoms with van der Waals surface area (Å²) in [7, 11) is 0. The van der Waals surface area contributed by atoms with Crippen LogP contribution in [-0.2, 0) is 17.6 Å². The molecule has 0 bridgehead atoms. The fraction of sp³-hybridized carbons (Fsp3) is 0.459. The van der Waals surface area contributed by atoms with E-state index in [0.717, 1.165) is 81.3 Å². The van der Waals surface area contributed by atoms with Crippen molar-refractivity contribution in [3.63, 3.8) is 0 Å². The molecule has 1 saturated carbocycles. The van der Waals surface area contributed by atoms with Gasteiger partial charge in [0.15, 0.2) is 0 Å². The number of nitrogens with zero attached hydrogens (tertiary/aromatic N) is 1. The molecule has 0 spiro atoms. The Kier molecular flexibility index (Phi) is 10.9. The Hall–Kier alpha value is -4.20. The third-order valence-electron chi connectivity index (χ3n) is 8.99. The van der Waals surface area contributed by atoms with Crippen molar-refractivity contribution in [3.8, 4) is 0 Å². The molecule has 1 aliphatic heterocycles. The summed E-state index contributed by atoms with van der Waals surface area (Å²) >= 11 is 0. The summed E-state index contributed by atoms with van der Waals surface area (Å²) in [6, 6.07) is 14.2. The number of hydrogen-bond donors (Lipinski definition) is 3. The number of aryl methyl sites for hydroxylation is 1. The van der Waals surface area contributed by atoms with Gasteiger partial charge in [0.1, 0.15) is 30.5 Å². The number of amides is 3. The molecule has 1 aliphatic carbocycles. The van der Waals surface area contributed by atoms with Gasteiger partial charge in [-0.2, -0.15) is 0 Å². The average molecular weight is 612 g/mol. The van der Waals surface area contributed by atoms with Gasteiger partial charge >= 0.3 is 0 Å². The summed E-state index contributed by atoms with van der Waals surface area (Å²) in [5, 5.41) is 8.92. The summed E-state index contributed by atoms with van der Waals surface area (Å²) in [5.74, 6) is 1.44. The van der Waals surface area contributed by atoms with Crippen molar-refractivity contribution in [2.75, 3.05) is 25.0 Å². The summed E-state index contributed by atoms with van der Waals surface area (Å²) in [4.78, 5) is 37.9. The minimum atomic E-state index is -0.216. The van der Waals surface area contributed by atoms with Crippen molar-refractivity contribution in [1.82, 2.24) is 10.6 Å². The molecule has 2 aliphatic rings. The quantitative estimate of drug-likeness (QED) is 0.148. The van der Waals surface area contributed by atoms with Crippen molar-refractivity contribution in [1.29, 1.82) is 0 Å². The normalized spacial score (nSPS) is 16.4. The Morgan fingerprint density at radius 1 is 0.978 bits per heavy atom. The maximum absolute atomic E-state index is 13.7. The first-order valence-electron chi connectivity index (χ1n) is 16.6. The molecule has 8 nitrogen and oxygen atoms in total. The Bertz CT molecular complexity index is 1550. The lowest BCUT2D eigenvalue weighted by molar-refractivity contribution is -0.435. The molecule has 238 valence electrons. The van der Waals surface area contributed by atoms with Crippen LogP contribution in [0, 0.1) is 12.8 Å². The number of carbonyl (C=O) groups is 3. The van der Waals surface area contributed by atoms with Crippen LogP contribution >= 0.6 is 0 Å². The predicted octanol–water partition coefficient (Wildman–Crippen LogP) is 6.68. The lowest BCUT2D eigenvalue weighted by atomic mass is 9.91. The van der Waals surface area contributed by atoms with E-state index >= 15 is 0 Å². The topological polar surface area (TPSA) is 103 Å². The van der Waals surface area contributed by atoms with Gasteiger partial charge in [0.25, 0.3) is 11.8 Å². The molecule has 5 rings (SSSR count). The Balaban J connectivity index is 1.35. The second kappa shape index (κ2) is 15.2. The fourth-order valence-electron chi connectivity index (χ4n) is 6.27. The Labute approximate surface area is 266 Å². The molecule has 1 unspecified atom stereocenters. The molecule has 3 aromatic rings. The van der Waals surface area contributed by atoms with Crippen LogP contribution in [-0.4, -0.2) is 48.1 Å². The van der Waals surface area contributed by atoms with E-state index in [9.17, 15) is 14.4 Å². The highest BCUT2D eigenvalue weighted by Gasteiger charge is 2.32. The van der Waals surface area contributed by atoms with Crippen molar-refractivity contribution in [2.45, 2.75) is 84.5 Å². The van der Waals surface area contributed by atoms with Gasteiger partial charge in [0.2, 0.25) is 11.6 Å². The number of benzene rings is 2. The monoisotopic (exact) mass is 611 g/mol. The summed E-state index contributed by atoms with van der Waals surface area (Å²) in [6.45, 7) is 7.66. The minimum Gasteiger partial charge on any atom is -0.468 e. The molecule has 2 aromatic carbocycles. The summed E-state index contributed by atoms with van der Waals surface area (Å²) in [5.41, 5.74) is 6.27. The molecule has 1 aromatic heterocycles. The molecular weight excluding hydrogens is 564 g/mol. The summed E-state index contributed by atoms with van der Waals surface area (Å²) in [6.07, 6.45) is 12.5. The van der Waals surface area contributed by atoms with Gasteiger partial charge in [-0.15, -0.1) is 0 Å². The second-order valence-corrected chi connectivity index (χ2v) is 12.5. The lowest BCUT2D eigenvalue weighted by Gasteiger charge is -2.13. The molecule has 1 fully saturated rings. The number of carbonyl (C=O) groups excluding carboxylic acids is 3. The summed E-state index contributed by atoms with van der Waals surface area (Å²) < 4.78 is 8.12. The predicted molar refractivity (Wildman–Crippen MR) is 178 cm³/mol. The smallest absolute Gasteiger partial charge is 0.259 e. The first-order chi connectivity index (χ1) is 21.8. The van der Waals surface area contributed by atoms with E-state index in [2.05, 4.69) is 64.9 Å². The maximum atomic E-state index is 13.7. The molecule has 3 N–H and O–H groups in total. The highest BCUT2D eigenvalue weighted by Crippen LogP contribution is 2.43. The van der Waals surface area contributed by atoms with Crippen molar-refractivity contribution >= 4 is 35.3 Å². The Morgan fingerprint density at radius 3 is 2.49 bits per heavy atom. The van der Waals surface area contributed by atoms with Gasteiger partial charge < -0.3 is 20.4 Å². The largest absolute Gasteiger partial charge is 0.468 e. The van der Waals surface area contributed by atoms with Crippen LogP contribution in [0.15, 0.2) is 53.1 Å². The molecule has 2 heterocycles. The average Bonchev–Trinajstić information content (AvgIpc) is 3.82. The third kappa shape index (κ3) is 8.50. The first kappa shape index (κ1) is 32.2. The van der Waals surface area contributed by atoms with E-state index in [4.69, 9.17) is 4.42 Å². The van der Waals surface area contributed by atoms with Crippen molar-refractivity contribution in [2.24, 2.45) is 5.92 Å². The molecule has 8 heteroatoms. The van der Waals surface area contributed by atoms with E-state index < -0.39 is 0 Å². The van der Waals surface area contributed by atoms with Gasteiger partial charge in [-0.25, -0.2) is 4.58 Å². The SMILES string of the molecule is CCc1c(C(=O)Nc2cc(C(=O)NCCCCNC(C)=O)ccc2[N+]2=CCC(Cc3ccccc3C)CCC2)coc1C1CC1. The lowest BCUT2D eigenvalue weighted by Crippen LogP contribution is -2.26. The van der Waals surface area contributed by atoms with Crippen LogP contribution in [0.3, 0.4) is 0 Å². The molecule has 0 radical (unpaired) electrons. The van der Waals surface area contributed by atoms with Gasteiger partial charge in [-0.1, -0.05) is 31.2 Å². The van der Waals surface area contributed by atoms with E-state index in [1.165, 1.54) is 18.1 Å². The van der Waals surface area contributed by atoms with Crippen LogP contribution in [0.1, 0.15) is 108 Å². The number of anilines is 1. The zero-order valence-electron chi connectivity index (χ0n) is 26.9. The fourth-order valence-corrected chi connectivity index (χ4v) is 6.27. The standard InChI is InChI=1S/C37H46N4O4/c1-4-31-32(24-45-35(31)28-13-14-28)37(44)40-33-23-30(36(43)39-19-8-7-18-38-26(3)42)15-16-34(33)41-20-9-11-27(17-21-41)22-29-12-6-5-10-25(29)2/h5-6,10,12,15-16,21,23-24,27-28H,4,7-9,11,13-14,17-20,22H2,1-3H3,(H2-,38,39,40,42,43,44)/p+1. The van der Waals surface area contributed by atoms with Crippen LogP contribution < -0.4 is 16.0 Å². The number of nitrogens with one attached hydrogen (secondary N) is 3. The van der Waals surface area contributed by atoms with E-state index in [-0.39, 0.29) is 17.7 Å². The maximum Gasteiger partial charge on any atom is 0.259 e. The molecule has 45 heavy (non-hydrogen) atoms. The molecule has 3 amide bonds. The van der Waals surface area contributed by atoms with Gasteiger partial charge in [0.05, 0.1) is 5.56 Å². The van der Waals surface area contributed by atoms with Gasteiger partial charge in [0, 0.05) is 56.0 Å². The van der Waals surface area contributed by atoms with E-state index in [1.54, 1.807) is 12.3 Å². The van der Waals surface area contributed by atoms with Crippen molar-refractivity contribution < 1.29 is 23.4 Å². The zero-order chi connectivity index (χ0) is 31.8. The number of hydrogen-bond acceptors (Lipinski definition) is 4. The highest BCUT2D eigenvalue weighted by molar-refractivity contribution is 6.07. The van der Waals surface area contributed by atoms with Crippen LogP contribution in [0.25, 0.3) is 0 Å². The minimum absolute atomic E-state index is 0.0533. The number of furan rings is 1. The van der Waals surface area contributed by atoms with Crippen LogP contribution in [0.2, 0.25) is 0 Å². The second-order valence-electron chi connectivity index (χ2n) is 12.5. The third-order valence-corrected chi connectivity index (χ3v) is 8.99. The van der Waals surface area contributed by atoms with Crippen LogP contribution in [0.5, 0.6) is 0 Å². The number of unbranched alkanes of at least 4 members (excludes halogenated alkanes) is 1. The zero-order valence-corrected chi connectivity index (χ0v) is 26.9. The van der Waals surface area contributed by atoms with Gasteiger partial charge in [-0.3, -0.25) is 14.4 Å². The molecule has 1 atom stereocenters. The van der Waals surface area contributed by atoms with E-state index in [1.807, 2.05) is 12.1 Å². The first-order valence-corrected chi connectivity index (χ1v) is 16.6. The van der Waals surface area contributed by atoms with Crippen LogP contribution in [0.4, 0.5) is 11.4 Å².